The predicted octanol–water partition coefficient (Wildman–Crippen LogP) is 4.99. The van der Waals surface area contributed by atoms with Gasteiger partial charge < -0.3 is 10.6 Å². The zero-order valence-corrected chi connectivity index (χ0v) is 13.2. The lowest BCUT2D eigenvalue weighted by molar-refractivity contribution is -0.118. The molecule has 2 rings (SSSR count). The molecule has 0 saturated carbocycles. The molecule has 2 N–H and O–H groups in total. The molecule has 2 aromatic carbocycles. The van der Waals surface area contributed by atoms with Gasteiger partial charge in [-0.25, -0.2) is 0 Å². The Morgan fingerprint density at radius 2 is 1.57 bits per heavy atom. The molecule has 110 valence electrons. The van der Waals surface area contributed by atoms with E-state index in [0.29, 0.717) is 0 Å². The maximum absolute atomic E-state index is 11.6. The Balaban J connectivity index is 2.05. The second kappa shape index (κ2) is 6.64. The van der Waals surface area contributed by atoms with E-state index in [9.17, 15) is 4.79 Å². The van der Waals surface area contributed by atoms with E-state index < -0.39 is 0 Å². The zero-order chi connectivity index (χ0) is 15.4. The van der Waals surface area contributed by atoms with Crippen molar-refractivity contribution in [3.8, 4) is 0 Å². The summed E-state index contributed by atoms with van der Waals surface area (Å²) >= 11 is 6.10. The van der Waals surface area contributed by atoms with E-state index in [1.165, 1.54) is 0 Å². The predicted molar refractivity (Wildman–Crippen MR) is 89.4 cm³/mol. The van der Waals surface area contributed by atoms with Gasteiger partial charge in [0, 0.05) is 28.0 Å². The number of benzene rings is 2. The fourth-order valence-electron chi connectivity index (χ4n) is 1.76. The van der Waals surface area contributed by atoms with Crippen LogP contribution in [0.3, 0.4) is 0 Å². The number of halogens is 1. The number of hydrogen-bond acceptors (Lipinski definition) is 2. The van der Waals surface area contributed by atoms with Crippen molar-refractivity contribution in [1.82, 2.24) is 0 Å². The molecule has 0 aliphatic carbocycles. The van der Waals surface area contributed by atoms with E-state index in [0.717, 1.165) is 27.6 Å². The quantitative estimate of drug-likeness (QED) is 0.835. The molecule has 0 aromatic heterocycles. The normalized spacial score (nSPS) is 10.5. The third-order valence-corrected chi connectivity index (χ3v) is 3.54. The summed E-state index contributed by atoms with van der Waals surface area (Å²) in [4.78, 5) is 11.6. The molecule has 0 aliphatic heterocycles. The first-order valence-electron chi connectivity index (χ1n) is 6.90. The van der Waals surface area contributed by atoms with Crippen LogP contribution in [-0.2, 0) is 4.79 Å². The van der Waals surface area contributed by atoms with E-state index in [1.54, 1.807) is 0 Å². The van der Waals surface area contributed by atoms with Crippen LogP contribution < -0.4 is 10.6 Å². The maximum Gasteiger partial charge on any atom is 0.226 e. The number of carbonyl (C=O) groups excluding carboxylic acids is 1. The van der Waals surface area contributed by atoms with Crippen LogP contribution >= 0.6 is 11.6 Å². The summed E-state index contributed by atoms with van der Waals surface area (Å²) in [5.74, 6) is -0.0153. The van der Waals surface area contributed by atoms with Crippen LogP contribution in [0, 0.1) is 12.8 Å². The molecule has 0 unspecified atom stereocenters. The van der Waals surface area contributed by atoms with E-state index >= 15 is 0 Å². The third kappa shape index (κ3) is 4.23. The van der Waals surface area contributed by atoms with Crippen molar-refractivity contribution in [3.63, 3.8) is 0 Å². The van der Waals surface area contributed by atoms with Crippen molar-refractivity contribution in [2.24, 2.45) is 5.92 Å². The minimum atomic E-state index is -0.0301. The first-order chi connectivity index (χ1) is 9.95. The summed E-state index contributed by atoms with van der Waals surface area (Å²) in [6, 6.07) is 13.4. The molecule has 0 spiro atoms. The Hall–Kier alpha value is -2.00. The highest BCUT2D eigenvalue weighted by atomic mass is 35.5. The molecule has 3 nitrogen and oxygen atoms in total. The summed E-state index contributed by atoms with van der Waals surface area (Å²) in [6.07, 6.45) is 0. The van der Waals surface area contributed by atoms with Crippen molar-refractivity contribution in [2.75, 3.05) is 10.6 Å². The second-order valence-corrected chi connectivity index (χ2v) is 5.72. The number of hydrogen-bond donors (Lipinski definition) is 2. The van der Waals surface area contributed by atoms with Gasteiger partial charge in [0.2, 0.25) is 5.91 Å². The molecule has 0 aliphatic rings. The van der Waals surface area contributed by atoms with Gasteiger partial charge in [0.15, 0.2) is 0 Å². The lowest BCUT2D eigenvalue weighted by Gasteiger charge is -2.10. The molecule has 0 saturated heterocycles. The van der Waals surface area contributed by atoms with Crippen LogP contribution in [0.2, 0.25) is 5.02 Å². The molecular weight excluding hydrogens is 284 g/mol. The van der Waals surface area contributed by atoms with Gasteiger partial charge in [0.25, 0.3) is 0 Å². The fourth-order valence-corrected chi connectivity index (χ4v) is 1.94. The molecule has 0 heterocycles. The Labute approximate surface area is 130 Å². The monoisotopic (exact) mass is 302 g/mol. The molecule has 4 heteroatoms. The first-order valence-corrected chi connectivity index (χ1v) is 7.27. The Morgan fingerprint density at radius 3 is 2.14 bits per heavy atom. The highest BCUT2D eigenvalue weighted by molar-refractivity contribution is 6.31. The third-order valence-electron chi connectivity index (χ3n) is 3.14. The van der Waals surface area contributed by atoms with Crippen LogP contribution in [0.1, 0.15) is 19.4 Å². The van der Waals surface area contributed by atoms with Gasteiger partial charge in [-0.3, -0.25) is 4.79 Å². The highest BCUT2D eigenvalue weighted by Crippen LogP contribution is 2.24. The van der Waals surface area contributed by atoms with Crippen LogP contribution in [0.5, 0.6) is 0 Å². The van der Waals surface area contributed by atoms with Gasteiger partial charge in [-0.15, -0.1) is 0 Å². The zero-order valence-electron chi connectivity index (χ0n) is 12.4. The largest absolute Gasteiger partial charge is 0.355 e. The van der Waals surface area contributed by atoms with Crippen molar-refractivity contribution in [3.05, 3.63) is 53.1 Å². The topological polar surface area (TPSA) is 41.1 Å². The molecule has 0 fully saturated rings. The molecule has 21 heavy (non-hydrogen) atoms. The van der Waals surface area contributed by atoms with Gasteiger partial charge in [-0.2, -0.15) is 0 Å². The Bertz CT molecular complexity index is 636. The van der Waals surface area contributed by atoms with Gasteiger partial charge in [0.05, 0.1) is 0 Å². The average molecular weight is 303 g/mol. The second-order valence-electron chi connectivity index (χ2n) is 5.31. The standard InChI is InChI=1S/C17H19ClN2O/c1-11(2)17(21)20-14-8-6-13(7-9-14)19-15-5-4-12(3)16(18)10-15/h4-11,19H,1-3H3,(H,20,21). The molecule has 0 atom stereocenters. The van der Waals surface area contributed by atoms with Crippen LogP contribution in [0.4, 0.5) is 17.1 Å². The number of amides is 1. The number of nitrogens with one attached hydrogen (secondary N) is 2. The van der Waals surface area contributed by atoms with Crippen LogP contribution in [0.15, 0.2) is 42.5 Å². The minimum Gasteiger partial charge on any atom is -0.355 e. The summed E-state index contributed by atoms with van der Waals surface area (Å²) in [5, 5.41) is 6.88. The Kier molecular flexibility index (Phi) is 4.86. The Morgan fingerprint density at radius 1 is 1.00 bits per heavy atom. The highest BCUT2D eigenvalue weighted by Gasteiger charge is 2.06. The lowest BCUT2D eigenvalue weighted by atomic mass is 10.2. The van der Waals surface area contributed by atoms with Gasteiger partial charge in [-0.1, -0.05) is 31.5 Å². The van der Waals surface area contributed by atoms with Crippen molar-refractivity contribution >= 4 is 34.6 Å². The average Bonchev–Trinajstić information content (AvgIpc) is 2.45. The lowest BCUT2D eigenvalue weighted by Crippen LogP contribution is -2.17. The summed E-state index contributed by atoms with van der Waals surface area (Å²) in [5.41, 5.74) is 3.72. The van der Waals surface area contributed by atoms with Gasteiger partial charge in [-0.05, 0) is 48.9 Å². The summed E-state index contributed by atoms with van der Waals surface area (Å²) in [6.45, 7) is 5.71. The van der Waals surface area contributed by atoms with Crippen LogP contribution in [-0.4, -0.2) is 5.91 Å². The molecular formula is C17H19ClN2O. The molecule has 1 amide bonds. The molecule has 2 aromatic rings. The smallest absolute Gasteiger partial charge is 0.226 e. The minimum absolute atomic E-state index is 0.0148. The van der Waals surface area contributed by atoms with Crippen molar-refractivity contribution < 1.29 is 4.79 Å². The summed E-state index contributed by atoms with van der Waals surface area (Å²) < 4.78 is 0. The van der Waals surface area contributed by atoms with Gasteiger partial charge >= 0.3 is 0 Å². The van der Waals surface area contributed by atoms with E-state index in [-0.39, 0.29) is 11.8 Å². The maximum atomic E-state index is 11.6. The van der Waals surface area contributed by atoms with E-state index in [4.69, 9.17) is 11.6 Å². The number of carbonyl (C=O) groups is 1. The SMILES string of the molecule is Cc1ccc(Nc2ccc(NC(=O)C(C)C)cc2)cc1Cl. The number of aryl methyl sites for hydroxylation is 1. The van der Waals surface area contributed by atoms with Gasteiger partial charge in [0.1, 0.15) is 0 Å². The van der Waals surface area contributed by atoms with Crippen molar-refractivity contribution in [2.45, 2.75) is 20.8 Å². The first kappa shape index (κ1) is 15.4. The fraction of sp³-hybridized carbons (Fsp3) is 0.235. The van der Waals surface area contributed by atoms with E-state index in [1.807, 2.05) is 63.2 Å². The van der Waals surface area contributed by atoms with Crippen molar-refractivity contribution in [1.29, 1.82) is 0 Å². The number of anilines is 3. The van der Waals surface area contributed by atoms with E-state index in [2.05, 4.69) is 10.6 Å². The summed E-state index contributed by atoms with van der Waals surface area (Å²) in [7, 11) is 0. The van der Waals surface area contributed by atoms with Crippen LogP contribution in [0.25, 0.3) is 0 Å². The number of rotatable bonds is 4. The molecule has 0 radical (unpaired) electrons. The molecule has 0 bridgehead atoms.